The smallest absolute Gasteiger partial charge is 0.223 e. The van der Waals surface area contributed by atoms with Gasteiger partial charge in [-0.3, -0.25) is 9.59 Å². The highest BCUT2D eigenvalue weighted by atomic mass is 32.2. The Bertz CT molecular complexity index is 255. The molecule has 2 atom stereocenters. The topological polar surface area (TPSA) is 57.6 Å². The van der Waals surface area contributed by atoms with E-state index in [1.165, 1.54) is 18.7 Å². The molecule has 0 aromatic heterocycles. The number of rotatable bonds is 4. The number of carbonyl (C=O) groups is 2. The molecule has 1 amide bonds. The summed E-state index contributed by atoms with van der Waals surface area (Å²) in [6, 6.07) is 0. The van der Waals surface area contributed by atoms with Gasteiger partial charge in [0.1, 0.15) is 0 Å². The highest BCUT2D eigenvalue weighted by Gasteiger charge is 2.30. The zero-order valence-corrected chi connectivity index (χ0v) is 9.92. The van der Waals surface area contributed by atoms with Crippen LogP contribution in [0.25, 0.3) is 0 Å². The first kappa shape index (κ1) is 12.5. The maximum absolute atomic E-state index is 11.5. The van der Waals surface area contributed by atoms with Crippen LogP contribution in [-0.2, 0) is 9.59 Å². The zero-order chi connectivity index (χ0) is 11.4. The quantitative estimate of drug-likeness (QED) is 0.765. The number of amides is 1. The summed E-state index contributed by atoms with van der Waals surface area (Å²) >= 11 is 1.27. The number of likely N-dealkylation sites (tertiary alicyclic amines) is 1. The van der Waals surface area contributed by atoms with E-state index in [1.54, 1.807) is 11.8 Å². The van der Waals surface area contributed by atoms with Gasteiger partial charge in [0.05, 0.1) is 6.10 Å². The number of aliphatic hydroxyl groups excluding tert-OH is 1. The van der Waals surface area contributed by atoms with Crippen LogP contribution in [-0.4, -0.2) is 46.0 Å². The molecule has 1 unspecified atom stereocenters. The molecule has 0 spiro atoms. The van der Waals surface area contributed by atoms with Crippen molar-refractivity contribution >= 4 is 22.8 Å². The molecule has 0 aromatic rings. The van der Waals surface area contributed by atoms with Crippen molar-refractivity contribution in [3.63, 3.8) is 0 Å². The van der Waals surface area contributed by atoms with Gasteiger partial charge in [0, 0.05) is 32.2 Å². The third kappa shape index (κ3) is 4.22. The Hall–Kier alpha value is -0.550. The molecular formula is C10H17NO3S. The van der Waals surface area contributed by atoms with Crippen LogP contribution in [0.1, 0.15) is 20.3 Å². The van der Waals surface area contributed by atoms with Gasteiger partial charge in [0.2, 0.25) is 5.91 Å². The van der Waals surface area contributed by atoms with Gasteiger partial charge < -0.3 is 10.0 Å². The predicted octanol–water partition coefficient (Wildman–Crippen LogP) is 0.495. The summed E-state index contributed by atoms with van der Waals surface area (Å²) in [5.74, 6) is 1.05. The van der Waals surface area contributed by atoms with Crippen LogP contribution in [0.4, 0.5) is 0 Å². The molecule has 0 aromatic carbocycles. The van der Waals surface area contributed by atoms with Crippen LogP contribution in [0.3, 0.4) is 0 Å². The maximum atomic E-state index is 11.5. The van der Waals surface area contributed by atoms with Crippen LogP contribution in [0.5, 0.6) is 0 Å². The number of hydrogen-bond acceptors (Lipinski definition) is 4. The van der Waals surface area contributed by atoms with Crippen molar-refractivity contribution in [2.24, 2.45) is 5.92 Å². The molecule has 1 heterocycles. The Labute approximate surface area is 94.0 Å². The van der Waals surface area contributed by atoms with Crippen molar-refractivity contribution in [1.29, 1.82) is 0 Å². The van der Waals surface area contributed by atoms with Crippen LogP contribution in [0.2, 0.25) is 0 Å². The maximum Gasteiger partial charge on any atom is 0.223 e. The summed E-state index contributed by atoms with van der Waals surface area (Å²) < 4.78 is 0. The number of carbonyl (C=O) groups excluding carboxylic acids is 2. The second-order valence-corrected chi connectivity index (χ2v) is 5.22. The summed E-state index contributed by atoms with van der Waals surface area (Å²) in [5, 5.41) is 9.28. The molecule has 1 aliphatic heterocycles. The van der Waals surface area contributed by atoms with Crippen molar-refractivity contribution in [2.45, 2.75) is 26.4 Å². The Morgan fingerprint density at radius 3 is 2.93 bits per heavy atom. The average Bonchev–Trinajstić information content (AvgIpc) is 2.43. The predicted molar refractivity (Wildman–Crippen MR) is 59.5 cm³/mol. The van der Waals surface area contributed by atoms with Crippen molar-refractivity contribution < 1.29 is 14.7 Å². The van der Waals surface area contributed by atoms with Gasteiger partial charge in [0.15, 0.2) is 5.12 Å². The zero-order valence-electron chi connectivity index (χ0n) is 9.10. The first-order chi connectivity index (χ1) is 6.99. The molecule has 1 N–H and O–H groups in total. The number of aliphatic hydroxyl groups is 1. The molecule has 1 rings (SSSR count). The van der Waals surface area contributed by atoms with Gasteiger partial charge >= 0.3 is 0 Å². The minimum atomic E-state index is -0.479. The molecule has 0 radical (unpaired) electrons. The van der Waals surface area contributed by atoms with E-state index in [-0.39, 0.29) is 16.9 Å². The molecule has 15 heavy (non-hydrogen) atoms. The lowest BCUT2D eigenvalue weighted by molar-refractivity contribution is -0.128. The Morgan fingerprint density at radius 1 is 1.73 bits per heavy atom. The minimum Gasteiger partial charge on any atom is -0.392 e. The van der Waals surface area contributed by atoms with Crippen LogP contribution in [0, 0.1) is 5.92 Å². The van der Waals surface area contributed by atoms with E-state index >= 15 is 0 Å². The van der Waals surface area contributed by atoms with Crippen LogP contribution >= 0.6 is 11.8 Å². The monoisotopic (exact) mass is 231 g/mol. The van der Waals surface area contributed by atoms with E-state index in [9.17, 15) is 14.7 Å². The standard InChI is InChI=1S/C10H17NO3S/c1-7(12)4-11-5-9(3-10(11)14)6-15-8(2)13/h7,9,12H,3-6H2,1-2H3/t7-,9?/m0/s1. The molecular weight excluding hydrogens is 214 g/mol. The van der Waals surface area contributed by atoms with E-state index in [2.05, 4.69) is 0 Å². The third-order valence-corrected chi connectivity index (χ3v) is 3.35. The fourth-order valence-corrected chi connectivity index (χ4v) is 2.39. The molecule has 0 aliphatic carbocycles. The first-order valence-electron chi connectivity index (χ1n) is 5.08. The van der Waals surface area contributed by atoms with Gasteiger partial charge in [0.25, 0.3) is 0 Å². The lowest BCUT2D eigenvalue weighted by atomic mass is 10.1. The summed E-state index contributed by atoms with van der Waals surface area (Å²) in [6.45, 7) is 4.28. The fraction of sp³-hybridized carbons (Fsp3) is 0.800. The summed E-state index contributed by atoms with van der Waals surface area (Å²) in [4.78, 5) is 23.9. The largest absolute Gasteiger partial charge is 0.392 e. The van der Waals surface area contributed by atoms with Crippen molar-refractivity contribution in [3.05, 3.63) is 0 Å². The van der Waals surface area contributed by atoms with Gasteiger partial charge in [-0.05, 0) is 12.8 Å². The Balaban J connectivity index is 2.35. The van der Waals surface area contributed by atoms with Crippen LogP contribution in [0.15, 0.2) is 0 Å². The van der Waals surface area contributed by atoms with E-state index in [1.807, 2.05) is 0 Å². The second kappa shape index (κ2) is 5.51. The molecule has 86 valence electrons. The van der Waals surface area contributed by atoms with Gasteiger partial charge in [-0.25, -0.2) is 0 Å². The summed E-state index contributed by atoms with van der Waals surface area (Å²) in [7, 11) is 0. The van der Waals surface area contributed by atoms with E-state index in [0.717, 1.165) is 0 Å². The molecule has 5 heteroatoms. The number of nitrogens with zero attached hydrogens (tertiary/aromatic N) is 1. The first-order valence-corrected chi connectivity index (χ1v) is 6.06. The Kier molecular flexibility index (Phi) is 4.60. The average molecular weight is 231 g/mol. The normalized spacial score (nSPS) is 23.3. The highest BCUT2D eigenvalue weighted by molar-refractivity contribution is 8.13. The van der Waals surface area contributed by atoms with E-state index < -0.39 is 6.10 Å². The number of hydrogen-bond donors (Lipinski definition) is 1. The summed E-state index contributed by atoms with van der Waals surface area (Å²) in [5.41, 5.74) is 0. The van der Waals surface area contributed by atoms with E-state index in [4.69, 9.17) is 0 Å². The SMILES string of the molecule is CC(=O)SCC1CC(=O)N(C[C@H](C)O)C1. The number of β-amino-alcohol motifs (C(OH)–C–C–N with tert-alkyl or cyclic N) is 1. The van der Waals surface area contributed by atoms with Crippen molar-refractivity contribution in [1.82, 2.24) is 4.90 Å². The lowest BCUT2D eigenvalue weighted by Crippen LogP contribution is -2.32. The van der Waals surface area contributed by atoms with Gasteiger partial charge in [-0.15, -0.1) is 0 Å². The van der Waals surface area contributed by atoms with Crippen molar-refractivity contribution in [3.8, 4) is 0 Å². The van der Waals surface area contributed by atoms with Gasteiger partial charge in [-0.1, -0.05) is 11.8 Å². The summed E-state index contributed by atoms with van der Waals surface area (Å²) in [6.07, 6.45) is 0.0284. The minimum absolute atomic E-state index is 0.0880. The van der Waals surface area contributed by atoms with E-state index in [0.29, 0.717) is 25.3 Å². The number of thioether (sulfide) groups is 1. The molecule has 0 saturated carbocycles. The highest BCUT2D eigenvalue weighted by Crippen LogP contribution is 2.22. The van der Waals surface area contributed by atoms with Crippen molar-refractivity contribution in [2.75, 3.05) is 18.8 Å². The molecule has 0 bridgehead atoms. The van der Waals surface area contributed by atoms with Gasteiger partial charge in [-0.2, -0.15) is 0 Å². The molecule has 1 fully saturated rings. The molecule has 1 saturated heterocycles. The Morgan fingerprint density at radius 2 is 2.40 bits per heavy atom. The fourth-order valence-electron chi connectivity index (χ4n) is 1.70. The third-order valence-electron chi connectivity index (χ3n) is 2.30. The molecule has 4 nitrogen and oxygen atoms in total. The lowest BCUT2D eigenvalue weighted by Gasteiger charge is -2.17. The molecule has 1 aliphatic rings. The van der Waals surface area contributed by atoms with Crippen LogP contribution < -0.4 is 0 Å². The second-order valence-electron chi connectivity index (χ2n) is 4.02.